The first-order chi connectivity index (χ1) is 8.90. The van der Waals surface area contributed by atoms with E-state index in [0.717, 1.165) is 12.0 Å². The summed E-state index contributed by atoms with van der Waals surface area (Å²) >= 11 is 0. The Morgan fingerprint density at radius 2 is 1.95 bits per heavy atom. The zero-order chi connectivity index (χ0) is 14.5. The molecule has 1 rings (SSSR count). The number of carbonyl (C=O) groups excluding carboxylic acids is 1. The van der Waals surface area contributed by atoms with Crippen molar-refractivity contribution in [1.82, 2.24) is 5.32 Å². The van der Waals surface area contributed by atoms with Gasteiger partial charge in [-0.25, -0.2) is 0 Å². The van der Waals surface area contributed by atoms with Crippen LogP contribution in [0.3, 0.4) is 0 Å². The lowest BCUT2D eigenvalue weighted by Gasteiger charge is -2.26. The number of phenolic OH excluding ortho intramolecular Hbond substituents is 1. The number of methoxy groups -OCH3 is 1. The van der Waals surface area contributed by atoms with Gasteiger partial charge >= 0.3 is 0 Å². The predicted molar refractivity (Wildman–Crippen MR) is 74.9 cm³/mol. The number of ether oxygens (including phenoxy) is 1. The molecule has 0 bridgehead atoms. The largest absolute Gasteiger partial charge is 0.508 e. The summed E-state index contributed by atoms with van der Waals surface area (Å²) in [5, 5.41) is 12.3. The third kappa shape index (κ3) is 4.24. The van der Waals surface area contributed by atoms with Gasteiger partial charge in [-0.2, -0.15) is 0 Å². The fraction of sp³-hybridized carbons (Fsp3) is 0.533. The van der Waals surface area contributed by atoms with E-state index in [1.165, 1.54) is 0 Å². The lowest BCUT2D eigenvalue weighted by molar-refractivity contribution is -0.132. The summed E-state index contributed by atoms with van der Waals surface area (Å²) in [6.07, 6.45) is 0.791. The molecule has 106 valence electrons. The zero-order valence-corrected chi connectivity index (χ0v) is 12.1. The number of aromatic hydroxyl groups is 1. The molecule has 0 aromatic heterocycles. The van der Waals surface area contributed by atoms with E-state index in [1.807, 2.05) is 32.9 Å². The second kappa shape index (κ2) is 6.57. The highest BCUT2D eigenvalue weighted by Crippen LogP contribution is 2.22. The molecule has 19 heavy (non-hydrogen) atoms. The average Bonchev–Trinajstić information content (AvgIpc) is 2.36. The highest BCUT2D eigenvalue weighted by atomic mass is 16.5. The Balaban J connectivity index is 2.77. The van der Waals surface area contributed by atoms with Crippen molar-refractivity contribution in [1.29, 1.82) is 0 Å². The van der Waals surface area contributed by atoms with E-state index in [1.54, 1.807) is 19.2 Å². The van der Waals surface area contributed by atoms with Gasteiger partial charge < -0.3 is 15.2 Å². The molecule has 4 nitrogen and oxygen atoms in total. The molecular formula is C15H23NO3. The van der Waals surface area contributed by atoms with Crippen LogP contribution in [0.5, 0.6) is 5.75 Å². The molecule has 4 heteroatoms. The smallest absolute Gasteiger partial charge is 0.228 e. The number of carbonyl (C=O) groups is 1. The Hall–Kier alpha value is -1.55. The molecule has 0 heterocycles. The van der Waals surface area contributed by atoms with Crippen LogP contribution in [0.25, 0.3) is 0 Å². The molecule has 0 saturated carbocycles. The lowest BCUT2D eigenvalue weighted by Crippen LogP contribution is -2.41. The van der Waals surface area contributed by atoms with Crippen molar-refractivity contribution in [2.75, 3.05) is 13.7 Å². The van der Waals surface area contributed by atoms with Crippen LogP contribution in [0.1, 0.15) is 38.8 Å². The molecule has 0 radical (unpaired) electrons. The maximum absolute atomic E-state index is 12.2. The first-order valence-electron chi connectivity index (χ1n) is 6.49. The van der Waals surface area contributed by atoms with E-state index in [-0.39, 0.29) is 17.7 Å². The second-order valence-corrected chi connectivity index (χ2v) is 5.34. The van der Waals surface area contributed by atoms with Crippen molar-refractivity contribution in [2.45, 2.75) is 33.2 Å². The van der Waals surface area contributed by atoms with Crippen molar-refractivity contribution in [2.24, 2.45) is 5.41 Å². The Labute approximate surface area is 114 Å². The summed E-state index contributed by atoms with van der Waals surface area (Å²) in [6.45, 7) is 6.11. The monoisotopic (exact) mass is 265 g/mol. The van der Waals surface area contributed by atoms with Gasteiger partial charge in [-0.3, -0.25) is 4.79 Å². The van der Waals surface area contributed by atoms with Crippen LogP contribution in [0, 0.1) is 5.41 Å². The van der Waals surface area contributed by atoms with E-state index < -0.39 is 5.41 Å². The molecule has 0 saturated heterocycles. The third-order valence-electron chi connectivity index (χ3n) is 3.13. The topological polar surface area (TPSA) is 58.6 Å². The maximum atomic E-state index is 12.2. The van der Waals surface area contributed by atoms with Crippen LogP contribution in [0.4, 0.5) is 0 Å². The first kappa shape index (κ1) is 15.5. The maximum Gasteiger partial charge on any atom is 0.228 e. The Kier molecular flexibility index (Phi) is 5.36. The SMILES string of the molecule is CCC(NC(=O)C(C)(C)COC)c1ccc(O)cc1. The lowest BCUT2D eigenvalue weighted by atomic mass is 9.92. The molecule has 0 fully saturated rings. The van der Waals surface area contributed by atoms with Crippen LogP contribution < -0.4 is 5.32 Å². The van der Waals surface area contributed by atoms with Crippen molar-refractivity contribution >= 4 is 5.91 Å². The summed E-state index contributed by atoms with van der Waals surface area (Å²) in [6, 6.07) is 6.86. The molecule has 1 aromatic rings. The Bertz CT molecular complexity index is 412. The number of hydrogen-bond donors (Lipinski definition) is 2. The minimum absolute atomic E-state index is 0.0331. The summed E-state index contributed by atoms with van der Waals surface area (Å²) in [4.78, 5) is 12.2. The fourth-order valence-corrected chi connectivity index (χ4v) is 1.91. The molecule has 0 aliphatic carbocycles. The van der Waals surface area contributed by atoms with Crippen molar-refractivity contribution in [3.63, 3.8) is 0 Å². The number of hydrogen-bond acceptors (Lipinski definition) is 3. The number of amides is 1. The second-order valence-electron chi connectivity index (χ2n) is 5.34. The van der Waals surface area contributed by atoms with Gasteiger partial charge in [0.1, 0.15) is 5.75 Å². The highest BCUT2D eigenvalue weighted by molar-refractivity contribution is 5.82. The van der Waals surface area contributed by atoms with Gasteiger partial charge in [0.25, 0.3) is 0 Å². The standard InChI is InChI=1S/C15H23NO3/c1-5-13(11-6-8-12(17)9-7-11)16-14(18)15(2,3)10-19-4/h6-9,13,17H,5,10H2,1-4H3,(H,16,18). The van der Waals surface area contributed by atoms with Crippen molar-refractivity contribution in [3.05, 3.63) is 29.8 Å². The van der Waals surface area contributed by atoms with E-state index in [2.05, 4.69) is 5.32 Å². The van der Waals surface area contributed by atoms with Crippen molar-refractivity contribution < 1.29 is 14.6 Å². The molecular weight excluding hydrogens is 242 g/mol. The minimum Gasteiger partial charge on any atom is -0.508 e. The summed E-state index contributed by atoms with van der Waals surface area (Å²) in [5.41, 5.74) is 0.431. The average molecular weight is 265 g/mol. The van der Waals surface area contributed by atoms with Gasteiger partial charge in [-0.15, -0.1) is 0 Å². The van der Waals surface area contributed by atoms with Crippen molar-refractivity contribution in [3.8, 4) is 5.75 Å². The fourth-order valence-electron chi connectivity index (χ4n) is 1.91. The summed E-state index contributed by atoms with van der Waals surface area (Å²) in [5.74, 6) is 0.193. The van der Waals surface area contributed by atoms with Crippen LogP contribution >= 0.6 is 0 Å². The number of rotatable bonds is 6. The van der Waals surface area contributed by atoms with Crippen LogP contribution in [-0.2, 0) is 9.53 Å². The van der Waals surface area contributed by atoms with Crippen LogP contribution in [0.2, 0.25) is 0 Å². The molecule has 1 atom stereocenters. The van der Waals surface area contributed by atoms with E-state index >= 15 is 0 Å². The quantitative estimate of drug-likeness (QED) is 0.831. The van der Waals surface area contributed by atoms with Gasteiger partial charge in [0.2, 0.25) is 5.91 Å². The van der Waals surface area contributed by atoms with Crippen LogP contribution in [-0.4, -0.2) is 24.7 Å². The number of benzene rings is 1. The normalized spacial score (nSPS) is 13.1. The highest BCUT2D eigenvalue weighted by Gasteiger charge is 2.29. The van der Waals surface area contributed by atoms with Gasteiger partial charge in [-0.05, 0) is 38.0 Å². The van der Waals surface area contributed by atoms with E-state index in [0.29, 0.717) is 6.61 Å². The van der Waals surface area contributed by atoms with Gasteiger partial charge in [-0.1, -0.05) is 19.1 Å². The van der Waals surface area contributed by atoms with E-state index in [9.17, 15) is 9.90 Å². The minimum atomic E-state index is -0.556. The molecule has 1 unspecified atom stereocenters. The Morgan fingerprint density at radius 1 is 1.37 bits per heavy atom. The molecule has 0 aliphatic rings. The molecule has 0 aliphatic heterocycles. The number of phenols is 1. The van der Waals surface area contributed by atoms with Crippen LogP contribution in [0.15, 0.2) is 24.3 Å². The number of nitrogens with one attached hydrogen (secondary N) is 1. The summed E-state index contributed by atoms with van der Waals surface area (Å²) < 4.78 is 5.07. The Morgan fingerprint density at radius 3 is 2.42 bits per heavy atom. The molecule has 1 amide bonds. The molecule has 0 spiro atoms. The first-order valence-corrected chi connectivity index (χ1v) is 6.49. The predicted octanol–water partition coefficient (Wildman–Crippen LogP) is 2.63. The molecule has 2 N–H and O–H groups in total. The van der Waals surface area contributed by atoms with Gasteiger partial charge in [0.05, 0.1) is 18.1 Å². The van der Waals surface area contributed by atoms with E-state index in [4.69, 9.17) is 4.74 Å². The van der Waals surface area contributed by atoms with Gasteiger partial charge in [0, 0.05) is 7.11 Å². The van der Waals surface area contributed by atoms with Gasteiger partial charge in [0.15, 0.2) is 0 Å². The summed E-state index contributed by atoms with van der Waals surface area (Å²) in [7, 11) is 1.59. The third-order valence-corrected chi connectivity index (χ3v) is 3.13. The zero-order valence-electron chi connectivity index (χ0n) is 12.1. The molecule has 1 aromatic carbocycles.